The van der Waals surface area contributed by atoms with E-state index < -0.39 is 17.4 Å². The summed E-state index contributed by atoms with van der Waals surface area (Å²) in [4.78, 5) is 22.9. The average Bonchev–Trinajstić information content (AvgIpc) is 3.14. The van der Waals surface area contributed by atoms with E-state index in [1.165, 1.54) is 12.3 Å². The van der Waals surface area contributed by atoms with Gasteiger partial charge in [0.1, 0.15) is 5.82 Å². The molecule has 21 heavy (non-hydrogen) atoms. The molecule has 0 aliphatic heterocycles. The summed E-state index contributed by atoms with van der Waals surface area (Å²) in [7, 11) is 0. The van der Waals surface area contributed by atoms with Gasteiger partial charge >= 0.3 is 6.16 Å². The van der Waals surface area contributed by atoms with Gasteiger partial charge < -0.3 is 14.4 Å². The van der Waals surface area contributed by atoms with E-state index in [9.17, 15) is 14.0 Å². The van der Waals surface area contributed by atoms with Gasteiger partial charge in [-0.05, 0) is 31.9 Å². The quantitative estimate of drug-likeness (QED) is 0.863. The SMILES string of the molecule is CC1(n2cc(OC(=O)O)c(=O)c3cc(F)c(Cl)cc32)CC1. The van der Waals surface area contributed by atoms with Crippen LogP contribution in [0.2, 0.25) is 5.02 Å². The third kappa shape index (κ3) is 2.25. The lowest BCUT2D eigenvalue weighted by atomic mass is 10.1. The molecule has 0 bridgehead atoms. The Kier molecular flexibility index (Phi) is 2.95. The summed E-state index contributed by atoms with van der Waals surface area (Å²) in [5.74, 6) is -1.08. The van der Waals surface area contributed by atoms with Gasteiger partial charge in [0, 0.05) is 5.54 Å². The zero-order valence-corrected chi connectivity index (χ0v) is 11.8. The van der Waals surface area contributed by atoms with Crippen LogP contribution in [0.3, 0.4) is 0 Å². The van der Waals surface area contributed by atoms with E-state index in [4.69, 9.17) is 16.7 Å². The summed E-state index contributed by atoms with van der Waals surface area (Å²) in [6.45, 7) is 1.96. The van der Waals surface area contributed by atoms with Crippen LogP contribution in [0.1, 0.15) is 19.8 Å². The monoisotopic (exact) mass is 311 g/mol. The number of fused-ring (bicyclic) bond motifs is 1. The van der Waals surface area contributed by atoms with Crippen molar-refractivity contribution >= 4 is 28.7 Å². The molecule has 1 aliphatic carbocycles. The molecule has 3 rings (SSSR count). The third-order valence-electron chi connectivity index (χ3n) is 3.77. The fourth-order valence-corrected chi connectivity index (χ4v) is 2.49. The number of ether oxygens (including phenoxy) is 1. The maximum Gasteiger partial charge on any atom is 0.511 e. The minimum absolute atomic E-state index is 0.0452. The van der Waals surface area contributed by atoms with Crippen LogP contribution in [0, 0.1) is 5.82 Å². The van der Waals surface area contributed by atoms with E-state index in [2.05, 4.69) is 4.74 Å². The Hall–Kier alpha value is -2.08. The molecule has 0 saturated heterocycles. The van der Waals surface area contributed by atoms with Crippen molar-refractivity contribution in [3.8, 4) is 5.75 Å². The average molecular weight is 312 g/mol. The summed E-state index contributed by atoms with van der Waals surface area (Å²) >= 11 is 5.79. The van der Waals surface area contributed by atoms with E-state index in [1.807, 2.05) is 6.92 Å². The topological polar surface area (TPSA) is 68.5 Å². The number of pyridine rings is 1. The molecule has 7 heteroatoms. The van der Waals surface area contributed by atoms with Crippen molar-refractivity contribution in [3.05, 3.63) is 39.4 Å². The Morgan fingerprint density at radius 1 is 1.48 bits per heavy atom. The highest BCUT2D eigenvalue weighted by molar-refractivity contribution is 6.31. The Morgan fingerprint density at radius 3 is 2.71 bits per heavy atom. The molecule has 0 unspecified atom stereocenters. The number of carbonyl (C=O) groups is 1. The van der Waals surface area contributed by atoms with Crippen LogP contribution in [0.5, 0.6) is 5.75 Å². The molecule has 1 N–H and O–H groups in total. The van der Waals surface area contributed by atoms with E-state index >= 15 is 0 Å². The summed E-state index contributed by atoms with van der Waals surface area (Å²) < 4.78 is 19.9. The van der Waals surface area contributed by atoms with Gasteiger partial charge in [-0.2, -0.15) is 0 Å². The first-order chi connectivity index (χ1) is 9.82. The predicted molar refractivity (Wildman–Crippen MR) is 74.7 cm³/mol. The molecule has 0 atom stereocenters. The zero-order chi connectivity index (χ0) is 15.4. The van der Waals surface area contributed by atoms with Crippen molar-refractivity contribution < 1.29 is 19.0 Å². The van der Waals surface area contributed by atoms with Crippen molar-refractivity contribution in [2.45, 2.75) is 25.3 Å². The van der Waals surface area contributed by atoms with E-state index in [0.717, 1.165) is 18.9 Å². The third-order valence-corrected chi connectivity index (χ3v) is 4.06. The van der Waals surface area contributed by atoms with Crippen LogP contribution < -0.4 is 10.2 Å². The van der Waals surface area contributed by atoms with E-state index in [1.54, 1.807) is 4.57 Å². The van der Waals surface area contributed by atoms with Gasteiger partial charge in [-0.1, -0.05) is 11.6 Å². The van der Waals surface area contributed by atoms with Gasteiger partial charge in [0.2, 0.25) is 5.43 Å². The Morgan fingerprint density at radius 2 is 2.14 bits per heavy atom. The Balaban J connectivity index is 2.37. The number of benzene rings is 1. The fraction of sp³-hybridized carbons (Fsp3) is 0.286. The van der Waals surface area contributed by atoms with Crippen molar-refractivity contribution in [2.75, 3.05) is 0 Å². The summed E-state index contributed by atoms with van der Waals surface area (Å²) in [6.07, 6.45) is 1.49. The van der Waals surface area contributed by atoms with Gasteiger partial charge in [-0.25, -0.2) is 9.18 Å². The smallest absolute Gasteiger partial charge is 0.449 e. The molecule has 1 aliphatic rings. The molecule has 0 spiro atoms. The first-order valence-corrected chi connectivity index (χ1v) is 6.65. The number of carboxylic acid groups (broad SMARTS) is 1. The number of aromatic nitrogens is 1. The highest BCUT2D eigenvalue weighted by atomic mass is 35.5. The fourth-order valence-electron chi connectivity index (χ4n) is 2.33. The molecule has 1 fully saturated rings. The molecular weight excluding hydrogens is 301 g/mol. The molecule has 1 saturated carbocycles. The molecule has 5 nitrogen and oxygen atoms in total. The van der Waals surface area contributed by atoms with Crippen molar-refractivity contribution in [1.29, 1.82) is 0 Å². The molecular formula is C14H11ClFNO4. The lowest BCUT2D eigenvalue weighted by molar-refractivity contribution is 0.143. The minimum atomic E-state index is -1.59. The largest absolute Gasteiger partial charge is 0.511 e. The van der Waals surface area contributed by atoms with Crippen LogP contribution >= 0.6 is 11.6 Å². The predicted octanol–water partition coefficient (Wildman–Crippen LogP) is 3.36. The molecule has 1 aromatic heterocycles. The maximum absolute atomic E-state index is 13.6. The van der Waals surface area contributed by atoms with E-state index in [-0.39, 0.29) is 21.7 Å². The van der Waals surface area contributed by atoms with Crippen LogP contribution in [0.4, 0.5) is 9.18 Å². The molecule has 110 valence electrons. The van der Waals surface area contributed by atoms with Crippen LogP contribution in [0.15, 0.2) is 23.1 Å². The van der Waals surface area contributed by atoms with Gasteiger partial charge in [-0.3, -0.25) is 4.79 Å². The first-order valence-electron chi connectivity index (χ1n) is 6.27. The van der Waals surface area contributed by atoms with Gasteiger partial charge in [0.05, 0.1) is 22.1 Å². The van der Waals surface area contributed by atoms with Gasteiger partial charge in [0.25, 0.3) is 0 Å². The summed E-state index contributed by atoms with van der Waals surface area (Å²) in [6, 6.07) is 2.39. The lowest BCUT2D eigenvalue weighted by Crippen LogP contribution is -2.21. The number of halogens is 2. The number of rotatable bonds is 2. The standard InChI is InChI=1S/C14H11ClFNO4/c1-14(2-3-14)17-6-11(21-13(19)20)12(18)7-4-9(16)8(15)5-10(7)17/h4-6H,2-3H2,1H3,(H,19,20). The van der Waals surface area contributed by atoms with Crippen molar-refractivity contribution in [1.82, 2.24) is 4.57 Å². The second-order valence-corrected chi connectivity index (χ2v) is 5.75. The zero-order valence-electron chi connectivity index (χ0n) is 11.0. The first kappa shape index (κ1) is 13.9. The van der Waals surface area contributed by atoms with Crippen molar-refractivity contribution in [2.24, 2.45) is 0 Å². The Bertz CT molecular complexity index is 826. The second-order valence-electron chi connectivity index (χ2n) is 5.34. The highest BCUT2D eigenvalue weighted by Crippen LogP contribution is 2.45. The molecule has 0 amide bonds. The molecule has 1 heterocycles. The maximum atomic E-state index is 13.6. The number of hydrogen-bond donors (Lipinski definition) is 1. The number of hydrogen-bond acceptors (Lipinski definition) is 3. The second kappa shape index (κ2) is 4.46. The van der Waals surface area contributed by atoms with Crippen molar-refractivity contribution in [3.63, 3.8) is 0 Å². The van der Waals surface area contributed by atoms with Crippen LogP contribution in [0.25, 0.3) is 10.9 Å². The number of nitrogens with zero attached hydrogens (tertiary/aromatic N) is 1. The highest BCUT2D eigenvalue weighted by Gasteiger charge is 2.40. The molecule has 0 radical (unpaired) electrons. The van der Waals surface area contributed by atoms with Crippen LogP contribution in [-0.2, 0) is 5.54 Å². The van der Waals surface area contributed by atoms with Crippen LogP contribution in [-0.4, -0.2) is 15.8 Å². The lowest BCUT2D eigenvalue weighted by Gasteiger charge is -2.19. The minimum Gasteiger partial charge on any atom is -0.449 e. The normalized spacial score (nSPS) is 16.0. The molecule has 1 aromatic carbocycles. The molecule has 2 aromatic rings. The van der Waals surface area contributed by atoms with E-state index in [0.29, 0.717) is 5.52 Å². The van der Waals surface area contributed by atoms with Gasteiger partial charge in [-0.15, -0.1) is 0 Å². The Labute approximate surface area is 123 Å². The van der Waals surface area contributed by atoms with Gasteiger partial charge in [0.15, 0.2) is 5.75 Å². The summed E-state index contributed by atoms with van der Waals surface area (Å²) in [5.41, 5.74) is -0.461. The summed E-state index contributed by atoms with van der Waals surface area (Å²) in [5, 5.41) is 8.66.